The lowest BCUT2D eigenvalue weighted by Crippen LogP contribution is -2.35. The first-order valence-corrected chi connectivity index (χ1v) is 7.71. The summed E-state index contributed by atoms with van der Waals surface area (Å²) in [5.74, 6) is 1.96. The van der Waals surface area contributed by atoms with Crippen LogP contribution < -0.4 is 5.32 Å². The maximum atomic E-state index is 3.70. The third-order valence-corrected chi connectivity index (χ3v) is 4.84. The standard InChI is InChI=1S/C18H29N/c1-10(2)15-8-12(5)13(6)17-14(7)19-9-16(11(3)4)18(15)17/h8,10-11,14,16,19H,9H2,1-7H3/t14-,16?/m0/s1. The van der Waals surface area contributed by atoms with Crippen LogP contribution in [0, 0.1) is 19.8 Å². The van der Waals surface area contributed by atoms with Crippen LogP contribution in [0.5, 0.6) is 0 Å². The van der Waals surface area contributed by atoms with Gasteiger partial charge in [0.2, 0.25) is 0 Å². The van der Waals surface area contributed by atoms with Gasteiger partial charge in [0.15, 0.2) is 0 Å². The molecule has 0 aromatic heterocycles. The number of benzene rings is 1. The fraction of sp³-hybridized carbons (Fsp3) is 0.667. The molecule has 1 aliphatic heterocycles. The van der Waals surface area contributed by atoms with Gasteiger partial charge in [-0.25, -0.2) is 0 Å². The zero-order valence-corrected chi connectivity index (χ0v) is 13.6. The first-order chi connectivity index (χ1) is 8.84. The molecule has 0 amide bonds. The topological polar surface area (TPSA) is 12.0 Å². The molecule has 2 rings (SSSR count). The van der Waals surface area contributed by atoms with E-state index in [-0.39, 0.29) is 0 Å². The third-order valence-electron chi connectivity index (χ3n) is 4.84. The first-order valence-electron chi connectivity index (χ1n) is 7.71. The molecule has 0 saturated carbocycles. The minimum Gasteiger partial charge on any atom is -0.310 e. The molecule has 1 aromatic carbocycles. The van der Waals surface area contributed by atoms with Gasteiger partial charge in [-0.3, -0.25) is 0 Å². The van der Waals surface area contributed by atoms with Gasteiger partial charge in [-0.15, -0.1) is 0 Å². The summed E-state index contributed by atoms with van der Waals surface area (Å²) < 4.78 is 0. The van der Waals surface area contributed by atoms with Gasteiger partial charge in [-0.1, -0.05) is 33.8 Å². The predicted octanol–water partition coefficient (Wildman–Crippen LogP) is 4.83. The second-order valence-corrected chi connectivity index (χ2v) is 6.87. The monoisotopic (exact) mass is 259 g/mol. The van der Waals surface area contributed by atoms with E-state index >= 15 is 0 Å². The highest BCUT2D eigenvalue weighted by Crippen LogP contribution is 2.41. The SMILES string of the molecule is Cc1cc(C(C)C)c2c(c1C)[C@H](C)NCC2C(C)C. The average molecular weight is 259 g/mol. The number of nitrogens with one attached hydrogen (secondary N) is 1. The molecule has 1 heterocycles. The molecule has 1 aliphatic rings. The van der Waals surface area contributed by atoms with Crippen molar-refractivity contribution in [1.82, 2.24) is 5.32 Å². The molecule has 2 atom stereocenters. The van der Waals surface area contributed by atoms with Crippen molar-refractivity contribution < 1.29 is 0 Å². The summed E-state index contributed by atoms with van der Waals surface area (Å²) >= 11 is 0. The fourth-order valence-electron chi connectivity index (χ4n) is 3.52. The maximum Gasteiger partial charge on any atom is 0.0297 e. The molecule has 0 saturated heterocycles. The van der Waals surface area contributed by atoms with Crippen LogP contribution in [-0.2, 0) is 0 Å². The van der Waals surface area contributed by atoms with Crippen molar-refractivity contribution in [3.05, 3.63) is 33.9 Å². The van der Waals surface area contributed by atoms with Gasteiger partial charge in [-0.2, -0.15) is 0 Å². The zero-order chi connectivity index (χ0) is 14.3. The third kappa shape index (κ3) is 2.45. The summed E-state index contributed by atoms with van der Waals surface area (Å²) in [6.45, 7) is 17.3. The Bertz CT molecular complexity index is 471. The smallest absolute Gasteiger partial charge is 0.0297 e. The summed E-state index contributed by atoms with van der Waals surface area (Å²) in [6, 6.07) is 2.93. The van der Waals surface area contributed by atoms with Crippen molar-refractivity contribution in [2.75, 3.05) is 6.54 Å². The molecule has 0 aliphatic carbocycles. The van der Waals surface area contributed by atoms with E-state index in [1.54, 1.807) is 16.7 Å². The van der Waals surface area contributed by atoms with Crippen molar-refractivity contribution in [3.63, 3.8) is 0 Å². The van der Waals surface area contributed by atoms with E-state index in [1.165, 1.54) is 11.1 Å². The number of hydrogen-bond donors (Lipinski definition) is 1. The number of rotatable bonds is 2. The van der Waals surface area contributed by atoms with Crippen molar-refractivity contribution in [3.8, 4) is 0 Å². The molecule has 1 unspecified atom stereocenters. The Morgan fingerprint density at radius 3 is 2.26 bits per heavy atom. The van der Waals surface area contributed by atoms with E-state index in [0.717, 1.165) is 6.54 Å². The summed E-state index contributed by atoms with van der Waals surface area (Å²) in [5, 5.41) is 3.70. The molecule has 0 spiro atoms. The molecule has 1 N–H and O–H groups in total. The number of hydrogen-bond acceptors (Lipinski definition) is 1. The average Bonchev–Trinajstić information content (AvgIpc) is 2.32. The Hall–Kier alpha value is -0.820. The second kappa shape index (κ2) is 5.28. The zero-order valence-electron chi connectivity index (χ0n) is 13.6. The molecule has 106 valence electrons. The maximum absolute atomic E-state index is 3.70. The van der Waals surface area contributed by atoms with Gasteiger partial charge < -0.3 is 5.32 Å². The molecule has 1 nitrogen and oxygen atoms in total. The van der Waals surface area contributed by atoms with Gasteiger partial charge in [0, 0.05) is 12.6 Å². The highest BCUT2D eigenvalue weighted by Gasteiger charge is 2.31. The molecule has 1 aromatic rings. The van der Waals surface area contributed by atoms with Crippen LogP contribution in [0.4, 0.5) is 0 Å². The minimum atomic E-state index is 0.488. The molecular formula is C18H29N. The van der Waals surface area contributed by atoms with Crippen LogP contribution in [0.25, 0.3) is 0 Å². The van der Waals surface area contributed by atoms with Gasteiger partial charge in [-0.05, 0) is 66.3 Å². The first kappa shape index (κ1) is 14.6. The van der Waals surface area contributed by atoms with Crippen molar-refractivity contribution >= 4 is 0 Å². The van der Waals surface area contributed by atoms with E-state index in [1.807, 2.05) is 0 Å². The Balaban J connectivity index is 2.73. The van der Waals surface area contributed by atoms with Crippen LogP contribution in [0.15, 0.2) is 6.07 Å². The molecular weight excluding hydrogens is 230 g/mol. The van der Waals surface area contributed by atoms with Gasteiger partial charge in [0.1, 0.15) is 0 Å². The number of aryl methyl sites for hydroxylation is 1. The van der Waals surface area contributed by atoms with E-state index in [4.69, 9.17) is 0 Å². The summed E-state index contributed by atoms with van der Waals surface area (Å²) in [4.78, 5) is 0. The van der Waals surface area contributed by atoms with Crippen molar-refractivity contribution in [1.29, 1.82) is 0 Å². The van der Waals surface area contributed by atoms with Crippen molar-refractivity contribution in [2.45, 2.75) is 66.3 Å². The normalized spacial score (nSPS) is 23.0. The lowest BCUT2D eigenvalue weighted by Gasteiger charge is -2.37. The largest absolute Gasteiger partial charge is 0.310 e. The molecule has 0 radical (unpaired) electrons. The van der Waals surface area contributed by atoms with E-state index in [9.17, 15) is 0 Å². The predicted molar refractivity (Wildman–Crippen MR) is 84.0 cm³/mol. The van der Waals surface area contributed by atoms with E-state index < -0.39 is 0 Å². The molecule has 1 heteroatoms. The Morgan fingerprint density at radius 2 is 1.74 bits per heavy atom. The fourth-order valence-corrected chi connectivity index (χ4v) is 3.52. The Kier molecular flexibility index (Phi) is 4.06. The summed E-state index contributed by atoms with van der Waals surface area (Å²) in [5.41, 5.74) is 7.74. The summed E-state index contributed by atoms with van der Waals surface area (Å²) in [6.07, 6.45) is 0. The van der Waals surface area contributed by atoms with Crippen LogP contribution in [0.2, 0.25) is 0 Å². The molecule has 0 fully saturated rings. The van der Waals surface area contributed by atoms with Crippen molar-refractivity contribution in [2.24, 2.45) is 5.92 Å². The summed E-state index contributed by atoms with van der Waals surface area (Å²) in [7, 11) is 0. The second-order valence-electron chi connectivity index (χ2n) is 6.87. The lowest BCUT2D eigenvalue weighted by atomic mass is 9.74. The van der Waals surface area contributed by atoms with Gasteiger partial charge >= 0.3 is 0 Å². The van der Waals surface area contributed by atoms with E-state index in [2.05, 4.69) is 59.8 Å². The molecule has 0 bridgehead atoms. The molecule has 19 heavy (non-hydrogen) atoms. The van der Waals surface area contributed by atoms with Crippen LogP contribution in [0.1, 0.15) is 80.3 Å². The lowest BCUT2D eigenvalue weighted by molar-refractivity contribution is 0.398. The quantitative estimate of drug-likeness (QED) is 0.802. The van der Waals surface area contributed by atoms with Crippen LogP contribution in [0.3, 0.4) is 0 Å². The highest BCUT2D eigenvalue weighted by molar-refractivity contribution is 5.51. The minimum absolute atomic E-state index is 0.488. The Labute approximate surface area is 118 Å². The van der Waals surface area contributed by atoms with E-state index in [0.29, 0.717) is 23.8 Å². The number of fused-ring (bicyclic) bond motifs is 1. The van der Waals surface area contributed by atoms with Crippen LogP contribution >= 0.6 is 0 Å². The van der Waals surface area contributed by atoms with Gasteiger partial charge in [0.25, 0.3) is 0 Å². The van der Waals surface area contributed by atoms with Gasteiger partial charge in [0.05, 0.1) is 0 Å². The highest BCUT2D eigenvalue weighted by atomic mass is 14.9. The Morgan fingerprint density at radius 1 is 1.11 bits per heavy atom. The van der Waals surface area contributed by atoms with Crippen LogP contribution in [-0.4, -0.2) is 6.54 Å².